The number of aryl methyl sites for hydroxylation is 2. The highest BCUT2D eigenvalue weighted by molar-refractivity contribution is 5.80. The van der Waals surface area contributed by atoms with Crippen molar-refractivity contribution in [3.05, 3.63) is 23.4 Å². The maximum atomic E-state index is 11.5. The van der Waals surface area contributed by atoms with E-state index in [1.54, 1.807) is 6.92 Å². The van der Waals surface area contributed by atoms with Gasteiger partial charge >= 0.3 is 0 Å². The molecular formula is C22H35N3O. The fraction of sp³-hybridized carbons (Fsp3) is 0.727. The number of aromatic nitrogens is 1. The number of rotatable bonds is 8. The molecule has 0 aromatic carbocycles. The number of hydrogen-bond donors (Lipinski definition) is 1. The second kappa shape index (κ2) is 9.50. The van der Waals surface area contributed by atoms with Gasteiger partial charge in [-0.3, -0.25) is 9.69 Å². The molecule has 3 rings (SSSR count). The van der Waals surface area contributed by atoms with Crippen molar-refractivity contribution in [2.75, 3.05) is 25.0 Å². The molecule has 0 unspecified atom stereocenters. The van der Waals surface area contributed by atoms with Crippen LogP contribution in [0.1, 0.15) is 70.1 Å². The third-order valence-electron chi connectivity index (χ3n) is 6.28. The first-order valence-corrected chi connectivity index (χ1v) is 10.6. The van der Waals surface area contributed by atoms with Gasteiger partial charge in [0.2, 0.25) is 0 Å². The molecule has 1 fully saturated rings. The lowest BCUT2D eigenvalue weighted by Crippen LogP contribution is -2.43. The van der Waals surface area contributed by atoms with E-state index in [4.69, 9.17) is 4.98 Å². The summed E-state index contributed by atoms with van der Waals surface area (Å²) in [5.74, 6) is 2.28. The minimum Gasteiger partial charge on any atom is -0.370 e. The normalized spacial score (nSPS) is 19.6. The summed E-state index contributed by atoms with van der Waals surface area (Å²) < 4.78 is 0. The molecule has 4 nitrogen and oxygen atoms in total. The van der Waals surface area contributed by atoms with Crippen LogP contribution < -0.4 is 5.32 Å². The van der Waals surface area contributed by atoms with Crippen molar-refractivity contribution in [2.24, 2.45) is 5.92 Å². The highest BCUT2D eigenvalue weighted by Crippen LogP contribution is 2.25. The number of carbonyl (C=O) groups excluding carboxylic acids is 1. The lowest BCUT2D eigenvalue weighted by atomic mass is 9.90. The van der Waals surface area contributed by atoms with Crippen molar-refractivity contribution < 1.29 is 4.79 Å². The van der Waals surface area contributed by atoms with Crippen molar-refractivity contribution >= 4 is 11.6 Å². The Kier molecular flexibility index (Phi) is 7.07. The minimum absolute atomic E-state index is 0.106. The van der Waals surface area contributed by atoms with Gasteiger partial charge in [-0.1, -0.05) is 25.3 Å². The minimum atomic E-state index is 0.106. The van der Waals surface area contributed by atoms with Gasteiger partial charge in [0.25, 0.3) is 0 Å². The summed E-state index contributed by atoms with van der Waals surface area (Å²) in [6.45, 7) is 7.01. The maximum Gasteiger partial charge on any atom is 0.146 e. The Morgan fingerprint density at radius 3 is 2.85 bits per heavy atom. The molecule has 1 saturated heterocycles. The van der Waals surface area contributed by atoms with Crippen LogP contribution in [0.2, 0.25) is 0 Å². The van der Waals surface area contributed by atoms with E-state index in [1.807, 2.05) is 6.92 Å². The van der Waals surface area contributed by atoms with E-state index in [9.17, 15) is 4.79 Å². The maximum absolute atomic E-state index is 11.5. The smallest absolute Gasteiger partial charge is 0.146 e. The summed E-state index contributed by atoms with van der Waals surface area (Å²) in [4.78, 5) is 18.7. The molecule has 0 radical (unpaired) electrons. The van der Waals surface area contributed by atoms with Crippen LogP contribution in [0, 0.1) is 5.92 Å². The predicted molar refractivity (Wildman–Crippen MR) is 108 cm³/mol. The Morgan fingerprint density at radius 2 is 2.08 bits per heavy atom. The third kappa shape index (κ3) is 5.29. The van der Waals surface area contributed by atoms with Gasteiger partial charge in [0.05, 0.1) is 6.04 Å². The molecule has 2 aliphatic heterocycles. The Morgan fingerprint density at radius 1 is 1.27 bits per heavy atom. The number of anilines is 1. The molecule has 1 N–H and O–H groups in total. The Labute approximate surface area is 158 Å². The van der Waals surface area contributed by atoms with Crippen molar-refractivity contribution in [3.8, 4) is 0 Å². The number of pyridine rings is 1. The largest absolute Gasteiger partial charge is 0.370 e. The standard InChI is InChI=1S/C22H35N3O/c1-17(18(2)26)25-15-12-19(13-16-25)7-4-3-5-9-21-11-10-20-8-6-14-23-22(20)24-21/h10-11,17,19H,3-9,12-16H2,1-2H3,(H,23,24)/t17-/m0/s1. The van der Waals surface area contributed by atoms with Gasteiger partial charge in [-0.05, 0) is 83.0 Å². The molecule has 0 amide bonds. The molecule has 144 valence electrons. The van der Waals surface area contributed by atoms with Crippen LogP contribution in [0.3, 0.4) is 0 Å². The number of unbranched alkanes of at least 4 members (excludes halogenated alkanes) is 2. The fourth-order valence-electron chi connectivity index (χ4n) is 4.31. The van der Waals surface area contributed by atoms with Crippen molar-refractivity contribution in [1.29, 1.82) is 0 Å². The van der Waals surface area contributed by atoms with Gasteiger partial charge in [-0.15, -0.1) is 0 Å². The van der Waals surface area contributed by atoms with Crippen molar-refractivity contribution in [2.45, 2.75) is 77.7 Å². The second-order valence-corrected chi connectivity index (χ2v) is 8.21. The molecule has 26 heavy (non-hydrogen) atoms. The summed E-state index contributed by atoms with van der Waals surface area (Å²) in [5.41, 5.74) is 2.62. The first-order valence-electron chi connectivity index (χ1n) is 10.6. The quantitative estimate of drug-likeness (QED) is 0.707. The van der Waals surface area contributed by atoms with Crippen LogP contribution in [-0.4, -0.2) is 41.3 Å². The van der Waals surface area contributed by atoms with E-state index >= 15 is 0 Å². The van der Waals surface area contributed by atoms with E-state index < -0.39 is 0 Å². The molecule has 0 spiro atoms. The van der Waals surface area contributed by atoms with Crippen LogP contribution in [0.15, 0.2) is 12.1 Å². The van der Waals surface area contributed by atoms with E-state index in [-0.39, 0.29) is 6.04 Å². The number of likely N-dealkylation sites (tertiary alicyclic amines) is 1. The Bertz CT molecular complexity index is 593. The lowest BCUT2D eigenvalue weighted by Gasteiger charge is -2.35. The summed E-state index contributed by atoms with van der Waals surface area (Å²) >= 11 is 0. The van der Waals surface area contributed by atoms with Crippen molar-refractivity contribution in [3.63, 3.8) is 0 Å². The molecule has 0 saturated carbocycles. The van der Waals surface area contributed by atoms with Gasteiger partial charge in [-0.25, -0.2) is 4.98 Å². The van der Waals surface area contributed by atoms with Gasteiger partial charge in [0, 0.05) is 12.2 Å². The van der Waals surface area contributed by atoms with Crippen LogP contribution in [0.25, 0.3) is 0 Å². The fourth-order valence-corrected chi connectivity index (χ4v) is 4.31. The van der Waals surface area contributed by atoms with Crippen LogP contribution >= 0.6 is 0 Å². The number of piperidine rings is 1. The molecule has 1 aromatic rings. The molecule has 1 atom stereocenters. The molecule has 0 aliphatic carbocycles. The van der Waals surface area contributed by atoms with Crippen molar-refractivity contribution in [1.82, 2.24) is 9.88 Å². The van der Waals surface area contributed by atoms with Gasteiger partial charge < -0.3 is 5.32 Å². The lowest BCUT2D eigenvalue weighted by molar-refractivity contribution is -0.122. The van der Waals surface area contributed by atoms with E-state index in [1.165, 1.54) is 62.6 Å². The summed E-state index contributed by atoms with van der Waals surface area (Å²) in [6.07, 6.45) is 11.2. The topological polar surface area (TPSA) is 45.2 Å². The van der Waals surface area contributed by atoms with Crippen LogP contribution in [0.4, 0.5) is 5.82 Å². The van der Waals surface area contributed by atoms with Crippen LogP contribution in [0.5, 0.6) is 0 Å². The molecule has 0 bridgehead atoms. The first kappa shape index (κ1) is 19.3. The van der Waals surface area contributed by atoms with Gasteiger partial charge in [-0.2, -0.15) is 0 Å². The number of nitrogens with zero attached hydrogens (tertiary/aromatic N) is 2. The Balaban J connectivity index is 1.30. The predicted octanol–water partition coefficient (Wildman–Crippen LogP) is 4.23. The van der Waals surface area contributed by atoms with E-state index in [0.29, 0.717) is 5.78 Å². The number of Topliss-reactive ketones (excluding diaryl/α,β-unsaturated/α-hetero) is 1. The number of carbonyl (C=O) groups is 1. The van der Waals surface area contributed by atoms with E-state index in [0.717, 1.165) is 37.8 Å². The molecular weight excluding hydrogens is 322 g/mol. The zero-order valence-electron chi connectivity index (χ0n) is 16.6. The van der Waals surface area contributed by atoms with Gasteiger partial charge in [0.15, 0.2) is 0 Å². The average Bonchev–Trinajstić information content (AvgIpc) is 2.67. The molecule has 1 aromatic heterocycles. The molecule has 2 aliphatic rings. The second-order valence-electron chi connectivity index (χ2n) is 8.21. The van der Waals surface area contributed by atoms with Gasteiger partial charge in [0.1, 0.15) is 11.6 Å². The summed E-state index contributed by atoms with van der Waals surface area (Å²) in [6, 6.07) is 4.59. The Hall–Kier alpha value is -1.42. The highest BCUT2D eigenvalue weighted by atomic mass is 16.1. The number of nitrogens with one attached hydrogen (secondary N) is 1. The number of hydrogen-bond acceptors (Lipinski definition) is 4. The summed E-state index contributed by atoms with van der Waals surface area (Å²) in [7, 11) is 0. The zero-order valence-corrected chi connectivity index (χ0v) is 16.6. The first-order chi connectivity index (χ1) is 12.6. The molecule has 3 heterocycles. The third-order valence-corrected chi connectivity index (χ3v) is 6.28. The number of fused-ring (bicyclic) bond motifs is 1. The van der Waals surface area contributed by atoms with Crippen LogP contribution in [-0.2, 0) is 17.6 Å². The zero-order chi connectivity index (χ0) is 18.4. The van der Waals surface area contributed by atoms with E-state index in [2.05, 4.69) is 22.3 Å². The monoisotopic (exact) mass is 357 g/mol. The highest BCUT2D eigenvalue weighted by Gasteiger charge is 2.24. The number of ketones is 1. The molecule has 4 heteroatoms. The summed E-state index contributed by atoms with van der Waals surface area (Å²) in [5, 5.41) is 3.43. The average molecular weight is 358 g/mol. The SMILES string of the molecule is CC(=O)[C@H](C)N1CCC(CCCCCc2ccc3c(n2)NCCC3)CC1.